The monoisotopic (exact) mass is 407 g/mol. The Morgan fingerprint density at radius 1 is 1.24 bits per heavy atom. The SMILES string of the molecule is CC1CCN(C(N)=NC2C3CCCOC3C2(C)C)CC1.I. The fourth-order valence-electron chi connectivity index (χ4n) is 4.22. The molecule has 5 heteroatoms. The second-order valence-corrected chi connectivity index (χ2v) is 7.52. The molecule has 1 saturated carbocycles. The fraction of sp³-hybridized carbons (Fsp3) is 0.938. The van der Waals surface area contributed by atoms with Gasteiger partial charge in [0.1, 0.15) is 0 Å². The molecule has 3 aliphatic rings. The van der Waals surface area contributed by atoms with E-state index in [-0.39, 0.29) is 29.4 Å². The minimum absolute atomic E-state index is 0. The molecule has 2 saturated heterocycles. The van der Waals surface area contributed by atoms with Crippen molar-refractivity contribution in [2.75, 3.05) is 19.7 Å². The number of rotatable bonds is 1. The second kappa shape index (κ2) is 6.60. The van der Waals surface area contributed by atoms with Crippen LogP contribution in [0.5, 0.6) is 0 Å². The van der Waals surface area contributed by atoms with E-state index >= 15 is 0 Å². The van der Waals surface area contributed by atoms with E-state index in [1.165, 1.54) is 25.7 Å². The number of likely N-dealkylation sites (tertiary alicyclic amines) is 1. The summed E-state index contributed by atoms with van der Waals surface area (Å²) in [5.41, 5.74) is 6.42. The number of aliphatic imine (C=N–C) groups is 1. The lowest BCUT2D eigenvalue weighted by atomic mass is 9.55. The molecule has 4 nitrogen and oxygen atoms in total. The number of piperidine rings is 1. The number of halogens is 1. The van der Waals surface area contributed by atoms with Gasteiger partial charge in [-0.05, 0) is 31.6 Å². The Balaban J connectivity index is 0.00000161. The quantitative estimate of drug-likeness (QED) is 0.413. The third-order valence-corrected chi connectivity index (χ3v) is 5.65. The lowest BCUT2D eigenvalue weighted by Gasteiger charge is -2.58. The first-order chi connectivity index (χ1) is 9.50. The molecule has 0 aromatic carbocycles. The summed E-state index contributed by atoms with van der Waals surface area (Å²) in [6.45, 7) is 9.92. The fourth-order valence-corrected chi connectivity index (χ4v) is 4.22. The lowest BCUT2D eigenvalue weighted by molar-refractivity contribution is -0.182. The molecule has 2 heterocycles. The Bertz CT molecular complexity index is 391. The Kier molecular flexibility index (Phi) is 5.45. The highest BCUT2D eigenvalue weighted by Crippen LogP contribution is 2.53. The average molecular weight is 407 g/mol. The molecule has 3 unspecified atom stereocenters. The summed E-state index contributed by atoms with van der Waals surface area (Å²) < 4.78 is 5.94. The maximum absolute atomic E-state index is 6.28. The van der Waals surface area contributed by atoms with E-state index in [4.69, 9.17) is 15.5 Å². The number of nitrogens with two attached hydrogens (primary N) is 1. The highest BCUT2D eigenvalue weighted by molar-refractivity contribution is 14.0. The molecular weight excluding hydrogens is 377 g/mol. The molecule has 0 aromatic heterocycles. The smallest absolute Gasteiger partial charge is 0.191 e. The third-order valence-electron chi connectivity index (χ3n) is 5.65. The van der Waals surface area contributed by atoms with Crippen LogP contribution in [-0.2, 0) is 4.74 Å². The Morgan fingerprint density at radius 3 is 2.57 bits per heavy atom. The van der Waals surface area contributed by atoms with Crippen molar-refractivity contribution in [1.29, 1.82) is 0 Å². The third kappa shape index (κ3) is 3.19. The van der Waals surface area contributed by atoms with Gasteiger partial charge in [0.2, 0.25) is 0 Å². The van der Waals surface area contributed by atoms with Crippen molar-refractivity contribution in [2.45, 2.75) is 58.6 Å². The zero-order chi connectivity index (χ0) is 14.3. The van der Waals surface area contributed by atoms with Gasteiger partial charge in [0.05, 0.1) is 12.1 Å². The van der Waals surface area contributed by atoms with Gasteiger partial charge >= 0.3 is 0 Å². The minimum Gasteiger partial charge on any atom is -0.377 e. The summed E-state index contributed by atoms with van der Waals surface area (Å²) >= 11 is 0. The van der Waals surface area contributed by atoms with Crippen molar-refractivity contribution in [3.8, 4) is 0 Å². The summed E-state index contributed by atoms with van der Waals surface area (Å²) in [5, 5.41) is 0. The number of ether oxygens (including phenoxy) is 1. The van der Waals surface area contributed by atoms with Gasteiger partial charge in [-0.1, -0.05) is 20.8 Å². The van der Waals surface area contributed by atoms with Gasteiger partial charge in [0, 0.05) is 31.0 Å². The van der Waals surface area contributed by atoms with Gasteiger partial charge in [0.25, 0.3) is 0 Å². The summed E-state index contributed by atoms with van der Waals surface area (Å²) in [4.78, 5) is 7.18. The molecule has 3 fully saturated rings. The maximum Gasteiger partial charge on any atom is 0.191 e. The number of hydrogen-bond donors (Lipinski definition) is 1. The highest BCUT2D eigenvalue weighted by atomic mass is 127. The van der Waals surface area contributed by atoms with Crippen molar-refractivity contribution in [3.05, 3.63) is 0 Å². The average Bonchev–Trinajstić information content (AvgIpc) is 2.45. The van der Waals surface area contributed by atoms with E-state index in [1.54, 1.807) is 0 Å². The maximum atomic E-state index is 6.28. The van der Waals surface area contributed by atoms with Crippen LogP contribution in [0.25, 0.3) is 0 Å². The van der Waals surface area contributed by atoms with Crippen molar-refractivity contribution in [1.82, 2.24) is 4.90 Å². The normalized spacial score (nSPS) is 36.4. The number of hydrogen-bond acceptors (Lipinski definition) is 2. The zero-order valence-electron chi connectivity index (χ0n) is 13.5. The van der Waals surface area contributed by atoms with Crippen LogP contribution < -0.4 is 5.73 Å². The van der Waals surface area contributed by atoms with Crippen molar-refractivity contribution < 1.29 is 4.74 Å². The molecule has 0 bridgehead atoms. The van der Waals surface area contributed by atoms with Crippen LogP contribution in [-0.4, -0.2) is 42.7 Å². The van der Waals surface area contributed by atoms with Crippen LogP contribution in [0.4, 0.5) is 0 Å². The molecule has 122 valence electrons. The first kappa shape index (κ1) is 17.3. The summed E-state index contributed by atoms with van der Waals surface area (Å²) in [7, 11) is 0. The van der Waals surface area contributed by atoms with E-state index in [2.05, 4.69) is 25.7 Å². The molecular formula is C16H30IN3O. The van der Waals surface area contributed by atoms with Crippen LogP contribution in [0.2, 0.25) is 0 Å². The van der Waals surface area contributed by atoms with E-state index in [1.807, 2.05) is 0 Å². The van der Waals surface area contributed by atoms with Crippen molar-refractivity contribution in [3.63, 3.8) is 0 Å². The van der Waals surface area contributed by atoms with Gasteiger partial charge in [-0.3, -0.25) is 0 Å². The molecule has 1 aliphatic carbocycles. The predicted molar refractivity (Wildman–Crippen MR) is 97.0 cm³/mol. The van der Waals surface area contributed by atoms with Gasteiger partial charge in [-0.2, -0.15) is 0 Å². The molecule has 3 rings (SSSR count). The molecule has 2 N–H and O–H groups in total. The molecule has 0 radical (unpaired) electrons. The standard InChI is InChI=1S/C16H29N3O.HI/c1-11-6-8-19(9-7-11)15(17)18-13-12-5-4-10-20-14(12)16(13,2)3;/h11-14H,4-10H2,1-3H3,(H2,17,18);1H. The van der Waals surface area contributed by atoms with Crippen molar-refractivity contribution in [2.24, 2.45) is 28.0 Å². The van der Waals surface area contributed by atoms with Gasteiger partial charge in [0.15, 0.2) is 5.96 Å². The van der Waals surface area contributed by atoms with Gasteiger partial charge in [-0.15, -0.1) is 24.0 Å². The van der Waals surface area contributed by atoms with Gasteiger partial charge < -0.3 is 15.4 Å². The van der Waals surface area contributed by atoms with E-state index < -0.39 is 0 Å². The summed E-state index contributed by atoms with van der Waals surface area (Å²) in [5.74, 6) is 2.18. The van der Waals surface area contributed by atoms with Crippen LogP contribution in [0, 0.1) is 17.3 Å². The van der Waals surface area contributed by atoms with E-state index in [0.717, 1.165) is 31.6 Å². The largest absolute Gasteiger partial charge is 0.377 e. The first-order valence-corrected chi connectivity index (χ1v) is 8.20. The Labute approximate surface area is 145 Å². The van der Waals surface area contributed by atoms with E-state index in [0.29, 0.717) is 18.1 Å². The first-order valence-electron chi connectivity index (χ1n) is 8.20. The van der Waals surface area contributed by atoms with Crippen molar-refractivity contribution >= 4 is 29.9 Å². The molecule has 3 atom stereocenters. The predicted octanol–water partition coefficient (Wildman–Crippen LogP) is 2.85. The van der Waals surface area contributed by atoms with Crippen LogP contribution >= 0.6 is 24.0 Å². The molecule has 0 aromatic rings. The zero-order valence-corrected chi connectivity index (χ0v) is 15.9. The molecule has 0 spiro atoms. The minimum atomic E-state index is 0. The van der Waals surface area contributed by atoms with E-state index in [9.17, 15) is 0 Å². The second-order valence-electron chi connectivity index (χ2n) is 7.52. The molecule has 0 amide bonds. The van der Waals surface area contributed by atoms with Crippen LogP contribution in [0.1, 0.15) is 46.5 Å². The van der Waals surface area contributed by atoms with Crippen LogP contribution in [0.3, 0.4) is 0 Å². The number of guanidine groups is 1. The topological polar surface area (TPSA) is 50.8 Å². The lowest BCUT2D eigenvalue weighted by Crippen LogP contribution is -2.64. The van der Waals surface area contributed by atoms with Crippen LogP contribution in [0.15, 0.2) is 4.99 Å². The highest BCUT2D eigenvalue weighted by Gasteiger charge is 2.58. The summed E-state index contributed by atoms with van der Waals surface area (Å²) in [6, 6.07) is 0.340. The Hall–Kier alpha value is -0.0400. The number of nitrogens with zero attached hydrogens (tertiary/aromatic N) is 2. The molecule has 21 heavy (non-hydrogen) atoms. The summed E-state index contributed by atoms with van der Waals surface area (Å²) in [6.07, 6.45) is 5.27. The number of fused-ring (bicyclic) bond motifs is 1. The van der Waals surface area contributed by atoms with Gasteiger partial charge in [-0.25, -0.2) is 4.99 Å². The molecule has 2 aliphatic heterocycles. The Morgan fingerprint density at radius 2 is 1.90 bits per heavy atom.